The van der Waals surface area contributed by atoms with Crippen LogP contribution in [0.2, 0.25) is 0 Å². The lowest BCUT2D eigenvalue weighted by Crippen LogP contribution is -1.99. The van der Waals surface area contributed by atoms with E-state index in [0.29, 0.717) is 34.1 Å². The summed E-state index contributed by atoms with van der Waals surface area (Å²) in [5, 5.41) is 9.15. The highest BCUT2D eigenvalue weighted by Gasteiger charge is 2.17. The minimum Gasteiger partial charge on any atom is -0.477 e. The monoisotopic (exact) mass is 257 g/mol. The molecule has 0 aliphatic carbocycles. The molecule has 0 saturated heterocycles. The van der Waals surface area contributed by atoms with Gasteiger partial charge >= 0.3 is 5.97 Å². The number of aromatic amines is 1. The van der Waals surface area contributed by atoms with Crippen molar-refractivity contribution in [1.82, 2.24) is 15.0 Å². The highest BCUT2D eigenvalue weighted by molar-refractivity contribution is 5.94. The van der Waals surface area contributed by atoms with Crippen LogP contribution in [0.3, 0.4) is 0 Å². The number of carbonyl (C=O) groups is 1. The molecule has 19 heavy (non-hydrogen) atoms. The van der Waals surface area contributed by atoms with E-state index in [9.17, 15) is 4.79 Å². The van der Waals surface area contributed by atoms with Crippen LogP contribution in [0.5, 0.6) is 0 Å². The molecule has 0 fully saturated rings. The Hall–Kier alpha value is -2.63. The molecule has 3 aromatic rings. The lowest BCUT2D eigenvalue weighted by molar-refractivity contribution is 0.0692. The molecule has 6 nitrogen and oxygen atoms in total. The maximum absolute atomic E-state index is 11.2. The number of hydrogen-bond acceptors (Lipinski definition) is 4. The molecule has 0 aliphatic heterocycles. The van der Waals surface area contributed by atoms with Crippen molar-refractivity contribution < 1.29 is 14.3 Å². The summed E-state index contributed by atoms with van der Waals surface area (Å²) in [7, 11) is 0. The number of imidazole rings is 1. The number of nitrogens with one attached hydrogen (secondary N) is 1. The number of rotatable bonds is 2. The number of oxazole rings is 1. The molecule has 6 heteroatoms. The summed E-state index contributed by atoms with van der Waals surface area (Å²) in [6.07, 6.45) is 0. The number of aromatic carboxylic acids is 1. The smallest absolute Gasteiger partial charge is 0.354 e. The standard InChI is InChI=1S/C13H11N3O3/c1-6-14-11(12(15-6)13(17)18)8-3-4-10-9(5-8)16-7(2)19-10/h3-5H,1-2H3,(H,14,15)(H,17,18). The van der Waals surface area contributed by atoms with Crippen molar-refractivity contribution in [2.45, 2.75) is 13.8 Å². The van der Waals surface area contributed by atoms with Gasteiger partial charge in [-0.05, 0) is 25.1 Å². The average molecular weight is 257 g/mol. The van der Waals surface area contributed by atoms with Gasteiger partial charge in [-0.3, -0.25) is 0 Å². The first-order chi connectivity index (χ1) is 9.04. The van der Waals surface area contributed by atoms with Gasteiger partial charge in [0.2, 0.25) is 0 Å². The fourth-order valence-corrected chi connectivity index (χ4v) is 2.05. The molecule has 0 unspecified atom stereocenters. The maximum Gasteiger partial charge on any atom is 0.354 e. The van der Waals surface area contributed by atoms with Crippen molar-refractivity contribution in [2.24, 2.45) is 0 Å². The molecule has 0 amide bonds. The number of benzene rings is 1. The third kappa shape index (κ3) is 1.87. The van der Waals surface area contributed by atoms with Gasteiger partial charge in [0.25, 0.3) is 0 Å². The van der Waals surface area contributed by atoms with Crippen LogP contribution >= 0.6 is 0 Å². The normalized spacial score (nSPS) is 11.1. The summed E-state index contributed by atoms with van der Waals surface area (Å²) in [5.41, 5.74) is 2.55. The van der Waals surface area contributed by atoms with E-state index in [0.717, 1.165) is 0 Å². The lowest BCUT2D eigenvalue weighted by atomic mass is 10.1. The molecular formula is C13H11N3O3. The molecule has 2 N–H and O–H groups in total. The number of carboxylic acid groups (broad SMARTS) is 1. The molecule has 1 aromatic carbocycles. The average Bonchev–Trinajstić information content (AvgIpc) is 2.89. The van der Waals surface area contributed by atoms with E-state index in [2.05, 4.69) is 15.0 Å². The number of hydrogen-bond donors (Lipinski definition) is 2. The second-order valence-electron chi connectivity index (χ2n) is 4.27. The summed E-state index contributed by atoms with van der Waals surface area (Å²) >= 11 is 0. The topological polar surface area (TPSA) is 92.0 Å². The molecule has 0 saturated carbocycles. The third-order valence-electron chi connectivity index (χ3n) is 2.80. The second-order valence-corrected chi connectivity index (χ2v) is 4.27. The molecule has 0 aliphatic rings. The highest BCUT2D eigenvalue weighted by atomic mass is 16.4. The predicted octanol–water partition coefficient (Wildman–Crippen LogP) is 2.53. The van der Waals surface area contributed by atoms with Gasteiger partial charge in [-0.1, -0.05) is 0 Å². The SMILES string of the molecule is Cc1nc(-c2ccc3oc(C)nc3c2)c(C(=O)O)[nH]1. The van der Waals surface area contributed by atoms with Crippen LogP contribution in [0.15, 0.2) is 22.6 Å². The molecule has 0 radical (unpaired) electrons. The minimum atomic E-state index is -1.04. The first kappa shape index (κ1) is 11.5. The Kier molecular flexibility index (Phi) is 2.38. The molecule has 2 heterocycles. The zero-order valence-electron chi connectivity index (χ0n) is 10.4. The largest absolute Gasteiger partial charge is 0.477 e. The van der Waals surface area contributed by atoms with Crippen LogP contribution in [-0.4, -0.2) is 26.0 Å². The fourth-order valence-electron chi connectivity index (χ4n) is 2.05. The van der Waals surface area contributed by atoms with Crippen LogP contribution in [-0.2, 0) is 0 Å². The molecule has 0 spiro atoms. The van der Waals surface area contributed by atoms with Gasteiger partial charge < -0.3 is 14.5 Å². The molecule has 2 aromatic heterocycles. The molecule has 0 bridgehead atoms. The Morgan fingerprint density at radius 3 is 2.84 bits per heavy atom. The molecule has 3 rings (SSSR count). The van der Waals surface area contributed by atoms with Gasteiger partial charge in [-0.15, -0.1) is 0 Å². The maximum atomic E-state index is 11.2. The van der Waals surface area contributed by atoms with Gasteiger partial charge in [0.15, 0.2) is 17.2 Å². The zero-order chi connectivity index (χ0) is 13.6. The van der Waals surface area contributed by atoms with Crippen molar-refractivity contribution in [3.8, 4) is 11.3 Å². The summed E-state index contributed by atoms with van der Waals surface area (Å²) in [6, 6.07) is 5.31. The van der Waals surface area contributed by atoms with Crippen LogP contribution in [0.25, 0.3) is 22.4 Å². The number of H-pyrrole nitrogens is 1. The third-order valence-corrected chi connectivity index (χ3v) is 2.80. The number of aryl methyl sites for hydroxylation is 2. The van der Waals surface area contributed by atoms with Crippen molar-refractivity contribution in [3.05, 3.63) is 35.6 Å². The van der Waals surface area contributed by atoms with Crippen molar-refractivity contribution in [1.29, 1.82) is 0 Å². The van der Waals surface area contributed by atoms with E-state index in [1.165, 1.54) is 0 Å². The van der Waals surface area contributed by atoms with E-state index in [1.807, 2.05) is 0 Å². The number of nitrogens with zero attached hydrogens (tertiary/aromatic N) is 2. The van der Waals surface area contributed by atoms with Crippen molar-refractivity contribution in [3.63, 3.8) is 0 Å². The second kappa shape index (κ2) is 3.94. The van der Waals surface area contributed by atoms with E-state index in [1.54, 1.807) is 32.0 Å². The van der Waals surface area contributed by atoms with Crippen LogP contribution in [0, 0.1) is 13.8 Å². The molecule has 0 atom stereocenters. The summed E-state index contributed by atoms with van der Waals surface area (Å²) in [4.78, 5) is 22.4. The first-order valence-electron chi connectivity index (χ1n) is 5.72. The number of aromatic nitrogens is 3. The molecule has 96 valence electrons. The van der Waals surface area contributed by atoms with Crippen LogP contribution in [0.4, 0.5) is 0 Å². The lowest BCUT2D eigenvalue weighted by Gasteiger charge is -1.98. The first-order valence-corrected chi connectivity index (χ1v) is 5.72. The van der Waals surface area contributed by atoms with Gasteiger partial charge in [0.05, 0.1) is 0 Å². The molecular weight excluding hydrogens is 246 g/mol. The Balaban J connectivity index is 2.20. The van der Waals surface area contributed by atoms with Gasteiger partial charge in [-0.25, -0.2) is 14.8 Å². The van der Waals surface area contributed by atoms with Crippen molar-refractivity contribution in [2.75, 3.05) is 0 Å². The van der Waals surface area contributed by atoms with Gasteiger partial charge in [0.1, 0.15) is 17.0 Å². The number of carboxylic acids is 1. The van der Waals surface area contributed by atoms with Gasteiger partial charge in [-0.2, -0.15) is 0 Å². The summed E-state index contributed by atoms with van der Waals surface area (Å²) < 4.78 is 5.39. The minimum absolute atomic E-state index is 0.0806. The summed E-state index contributed by atoms with van der Waals surface area (Å²) in [5.74, 6) is 0.0969. The van der Waals surface area contributed by atoms with E-state index in [4.69, 9.17) is 9.52 Å². The van der Waals surface area contributed by atoms with Crippen LogP contribution in [0.1, 0.15) is 22.2 Å². The van der Waals surface area contributed by atoms with E-state index < -0.39 is 5.97 Å². The Bertz CT molecular complexity index is 786. The number of fused-ring (bicyclic) bond motifs is 1. The highest BCUT2D eigenvalue weighted by Crippen LogP contribution is 2.26. The Labute approximate surface area is 108 Å². The zero-order valence-corrected chi connectivity index (χ0v) is 10.4. The Morgan fingerprint density at radius 1 is 1.32 bits per heavy atom. The predicted molar refractivity (Wildman–Crippen MR) is 68.0 cm³/mol. The van der Waals surface area contributed by atoms with Crippen LogP contribution < -0.4 is 0 Å². The van der Waals surface area contributed by atoms with Gasteiger partial charge in [0, 0.05) is 12.5 Å². The quantitative estimate of drug-likeness (QED) is 0.736. The Morgan fingerprint density at radius 2 is 2.11 bits per heavy atom. The summed E-state index contributed by atoms with van der Waals surface area (Å²) in [6.45, 7) is 3.48. The van der Waals surface area contributed by atoms with Crippen molar-refractivity contribution >= 4 is 17.1 Å². The van der Waals surface area contributed by atoms with E-state index in [-0.39, 0.29) is 5.69 Å². The fraction of sp³-hybridized carbons (Fsp3) is 0.154. The van der Waals surface area contributed by atoms with E-state index >= 15 is 0 Å².